The second-order valence-corrected chi connectivity index (χ2v) is 3.66. The summed E-state index contributed by atoms with van der Waals surface area (Å²) in [6.45, 7) is 1.33. The fourth-order valence-corrected chi connectivity index (χ4v) is 2.11. The Bertz CT molecular complexity index is 379. The van der Waals surface area contributed by atoms with Crippen molar-refractivity contribution >= 4 is 5.91 Å². The first-order valence-electron chi connectivity index (χ1n) is 4.86. The van der Waals surface area contributed by atoms with E-state index in [-0.39, 0.29) is 12.0 Å². The first-order valence-corrected chi connectivity index (χ1v) is 4.86. The van der Waals surface area contributed by atoms with Gasteiger partial charge in [0, 0.05) is 17.8 Å². The van der Waals surface area contributed by atoms with Crippen molar-refractivity contribution in [2.45, 2.75) is 12.5 Å². The minimum absolute atomic E-state index is 0.0631. The highest BCUT2D eigenvalue weighted by Crippen LogP contribution is 2.33. The second-order valence-electron chi connectivity index (χ2n) is 3.66. The van der Waals surface area contributed by atoms with Gasteiger partial charge >= 0.3 is 0 Å². The second kappa shape index (κ2) is 2.82. The first-order chi connectivity index (χ1) is 6.86. The van der Waals surface area contributed by atoms with Crippen molar-refractivity contribution in [1.82, 2.24) is 4.90 Å². The summed E-state index contributed by atoms with van der Waals surface area (Å²) in [5.74, 6) is 0.222. The number of β-lactam (4-membered cyclic amide) rings is 1. The largest absolute Gasteiger partial charge is 0.367 e. The molecule has 0 N–H and O–H groups in total. The van der Waals surface area contributed by atoms with E-state index < -0.39 is 0 Å². The van der Waals surface area contributed by atoms with Crippen LogP contribution in [0.4, 0.5) is 0 Å². The Hall–Kier alpha value is -1.35. The Kier molecular flexibility index (Phi) is 1.61. The molecule has 3 heteroatoms. The molecule has 0 spiro atoms. The predicted octanol–water partition coefficient (Wildman–Crippen LogP) is 0.998. The summed E-state index contributed by atoms with van der Waals surface area (Å²) in [4.78, 5) is 13.1. The van der Waals surface area contributed by atoms with Crippen LogP contribution in [-0.4, -0.2) is 30.1 Å². The number of hydrogen-bond acceptors (Lipinski definition) is 2. The van der Waals surface area contributed by atoms with E-state index in [9.17, 15) is 4.79 Å². The van der Waals surface area contributed by atoms with Crippen LogP contribution in [0.3, 0.4) is 0 Å². The SMILES string of the molecule is O=C1CC2=C3C=CC=CC3OCCN12. The van der Waals surface area contributed by atoms with Crippen LogP contribution in [0.2, 0.25) is 0 Å². The maximum Gasteiger partial charge on any atom is 0.232 e. The van der Waals surface area contributed by atoms with Crippen LogP contribution in [0, 0.1) is 0 Å². The van der Waals surface area contributed by atoms with Gasteiger partial charge in [0.15, 0.2) is 0 Å². The quantitative estimate of drug-likeness (QED) is 0.532. The van der Waals surface area contributed by atoms with Crippen LogP contribution in [0.5, 0.6) is 0 Å². The number of rotatable bonds is 0. The van der Waals surface area contributed by atoms with Crippen molar-refractivity contribution in [3.05, 3.63) is 35.6 Å². The molecule has 3 rings (SSSR count). The number of allylic oxidation sites excluding steroid dienone is 2. The zero-order valence-corrected chi connectivity index (χ0v) is 7.77. The molecule has 1 aliphatic carbocycles. The van der Waals surface area contributed by atoms with E-state index in [4.69, 9.17) is 4.74 Å². The molecule has 0 radical (unpaired) electrons. The van der Waals surface area contributed by atoms with E-state index in [1.165, 1.54) is 0 Å². The van der Waals surface area contributed by atoms with Gasteiger partial charge < -0.3 is 9.64 Å². The van der Waals surface area contributed by atoms with E-state index in [0.717, 1.165) is 11.3 Å². The molecule has 0 aromatic carbocycles. The maximum atomic E-state index is 11.3. The van der Waals surface area contributed by atoms with Gasteiger partial charge in [0.25, 0.3) is 0 Å². The molecule has 1 fully saturated rings. The van der Waals surface area contributed by atoms with E-state index in [1.807, 2.05) is 29.2 Å². The summed E-state index contributed by atoms with van der Waals surface area (Å²) >= 11 is 0. The Morgan fingerprint density at radius 3 is 3.21 bits per heavy atom. The molecule has 0 bridgehead atoms. The molecular weight excluding hydrogens is 178 g/mol. The summed E-state index contributed by atoms with van der Waals surface area (Å²) in [7, 11) is 0. The molecule has 14 heavy (non-hydrogen) atoms. The van der Waals surface area contributed by atoms with Gasteiger partial charge in [0.05, 0.1) is 13.0 Å². The molecule has 2 aliphatic heterocycles. The smallest absolute Gasteiger partial charge is 0.232 e. The summed E-state index contributed by atoms with van der Waals surface area (Å²) in [6, 6.07) is 0. The zero-order chi connectivity index (χ0) is 9.54. The van der Waals surface area contributed by atoms with Crippen molar-refractivity contribution < 1.29 is 9.53 Å². The molecule has 2 heterocycles. The van der Waals surface area contributed by atoms with Gasteiger partial charge in [0.2, 0.25) is 5.91 Å². The first kappa shape index (κ1) is 8.00. The lowest BCUT2D eigenvalue weighted by molar-refractivity contribution is -0.135. The van der Waals surface area contributed by atoms with E-state index in [0.29, 0.717) is 19.6 Å². The van der Waals surface area contributed by atoms with Gasteiger partial charge in [-0.15, -0.1) is 0 Å². The minimum atomic E-state index is 0.0631. The van der Waals surface area contributed by atoms with Gasteiger partial charge in [-0.1, -0.05) is 24.3 Å². The van der Waals surface area contributed by atoms with E-state index >= 15 is 0 Å². The van der Waals surface area contributed by atoms with E-state index in [2.05, 4.69) is 0 Å². The highest BCUT2D eigenvalue weighted by Gasteiger charge is 2.36. The normalized spacial score (nSPS) is 29.6. The Balaban J connectivity index is 2.03. The van der Waals surface area contributed by atoms with Crippen molar-refractivity contribution in [2.75, 3.05) is 13.2 Å². The third kappa shape index (κ3) is 0.990. The highest BCUT2D eigenvalue weighted by molar-refractivity contribution is 5.88. The number of nitrogens with zero attached hydrogens (tertiary/aromatic N) is 1. The number of ether oxygens (including phenoxy) is 1. The lowest BCUT2D eigenvalue weighted by Gasteiger charge is -2.34. The minimum Gasteiger partial charge on any atom is -0.367 e. The fourth-order valence-electron chi connectivity index (χ4n) is 2.11. The van der Waals surface area contributed by atoms with Crippen LogP contribution in [0.15, 0.2) is 35.6 Å². The lowest BCUT2D eigenvalue weighted by atomic mass is 9.96. The van der Waals surface area contributed by atoms with Gasteiger partial charge in [0.1, 0.15) is 6.10 Å². The average molecular weight is 189 g/mol. The summed E-state index contributed by atoms with van der Waals surface area (Å²) < 4.78 is 5.65. The Labute approximate surface area is 82.3 Å². The fraction of sp³-hybridized carbons (Fsp3) is 0.364. The molecule has 0 aromatic heterocycles. The number of fused-ring (bicyclic) bond motifs is 2. The van der Waals surface area contributed by atoms with Crippen LogP contribution in [0.25, 0.3) is 0 Å². The lowest BCUT2D eigenvalue weighted by Crippen LogP contribution is -2.42. The topological polar surface area (TPSA) is 29.5 Å². The monoisotopic (exact) mass is 189 g/mol. The molecule has 1 saturated heterocycles. The van der Waals surface area contributed by atoms with Crippen molar-refractivity contribution in [3.8, 4) is 0 Å². The summed E-state index contributed by atoms with van der Waals surface area (Å²) in [5, 5.41) is 0. The average Bonchev–Trinajstić information content (AvgIpc) is 2.35. The predicted molar refractivity (Wildman–Crippen MR) is 51.4 cm³/mol. The number of carbonyl (C=O) groups excluding carboxylic acids is 1. The summed E-state index contributed by atoms with van der Waals surface area (Å²) in [6.07, 6.45) is 8.71. The molecule has 3 nitrogen and oxygen atoms in total. The standard InChI is InChI=1S/C11H11NO2/c13-11-7-9-8-3-1-2-4-10(8)14-6-5-12(9)11/h1-4,10H,5-7H2. The van der Waals surface area contributed by atoms with Gasteiger partial charge in [-0.25, -0.2) is 0 Å². The van der Waals surface area contributed by atoms with E-state index in [1.54, 1.807) is 0 Å². The number of carbonyl (C=O) groups is 1. The highest BCUT2D eigenvalue weighted by atomic mass is 16.5. The Morgan fingerprint density at radius 1 is 1.43 bits per heavy atom. The zero-order valence-electron chi connectivity index (χ0n) is 7.77. The van der Waals surface area contributed by atoms with Crippen molar-refractivity contribution in [2.24, 2.45) is 0 Å². The molecular formula is C11H11NO2. The van der Waals surface area contributed by atoms with Crippen molar-refractivity contribution in [3.63, 3.8) is 0 Å². The molecule has 72 valence electrons. The third-order valence-electron chi connectivity index (χ3n) is 2.87. The van der Waals surface area contributed by atoms with Gasteiger partial charge in [-0.2, -0.15) is 0 Å². The van der Waals surface area contributed by atoms with Crippen LogP contribution < -0.4 is 0 Å². The third-order valence-corrected chi connectivity index (χ3v) is 2.87. The molecule has 0 saturated carbocycles. The number of amides is 1. The molecule has 1 unspecified atom stereocenters. The van der Waals surface area contributed by atoms with Crippen molar-refractivity contribution in [1.29, 1.82) is 0 Å². The number of hydrogen-bond donors (Lipinski definition) is 0. The summed E-state index contributed by atoms with van der Waals surface area (Å²) in [5.41, 5.74) is 2.31. The molecule has 3 aliphatic rings. The molecule has 0 aromatic rings. The van der Waals surface area contributed by atoms with Gasteiger partial charge in [-0.05, 0) is 0 Å². The van der Waals surface area contributed by atoms with Crippen LogP contribution in [0.1, 0.15) is 6.42 Å². The van der Waals surface area contributed by atoms with Crippen LogP contribution in [-0.2, 0) is 9.53 Å². The van der Waals surface area contributed by atoms with Crippen LogP contribution >= 0.6 is 0 Å². The molecule has 1 amide bonds. The van der Waals surface area contributed by atoms with Gasteiger partial charge in [-0.3, -0.25) is 4.79 Å². The molecule has 1 atom stereocenters. The maximum absolute atomic E-state index is 11.3. The Morgan fingerprint density at radius 2 is 2.36 bits per heavy atom.